The maximum Gasteiger partial charge on any atom is 0.0907 e. The molecule has 4 aromatic heterocycles. The maximum atomic E-state index is 4.84. The first-order chi connectivity index (χ1) is 35.8. The minimum atomic E-state index is -0.106. The van der Waals surface area contributed by atoms with Gasteiger partial charge in [-0.25, -0.2) is 0 Å². The van der Waals surface area contributed by atoms with Gasteiger partial charge in [0.25, 0.3) is 0 Å². The van der Waals surface area contributed by atoms with Crippen LogP contribution in [0.1, 0.15) is 74.9 Å². The standard InChI is InChI=1S/C40H34N4.C15H15N.C10H6Br2N2/c1-39(2)29-13-5-9-17-35(29)43(36-18-10-6-14-30(36)39)27-21-23-41-33(25-27)34-26-28(22-24-42-34)44-37-19-11-7-15-31(37)40(3,4)32-16-8-12-20-38(32)44;1-15(2)11-7-3-5-9-13(11)16-14-10-6-4-8-12(14)15;11-7-1-3-9(13-5-7)10-4-2-8(12)6-14-10/h5-26H,1-4H3;3-10,16H,1-2H3;1-6H. The van der Waals surface area contributed by atoms with Gasteiger partial charge in [0.15, 0.2) is 0 Å². The summed E-state index contributed by atoms with van der Waals surface area (Å²) in [5.41, 5.74) is 20.6. The highest BCUT2D eigenvalue weighted by Gasteiger charge is 2.38. The number of nitrogens with one attached hydrogen (secondary N) is 1. The molecule has 3 aliphatic rings. The molecule has 13 rings (SSSR count). The first-order valence-electron chi connectivity index (χ1n) is 24.9. The second-order valence-electron chi connectivity index (χ2n) is 20.4. The van der Waals surface area contributed by atoms with Crippen molar-refractivity contribution in [1.29, 1.82) is 0 Å². The highest BCUT2D eigenvalue weighted by Crippen LogP contribution is 2.54. The summed E-state index contributed by atoms with van der Waals surface area (Å²) in [6, 6.07) is 68.3. The van der Waals surface area contributed by atoms with Crippen LogP contribution in [0, 0.1) is 0 Å². The molecule has 10 aromatic rings. The van der Waals surface area contributed by atoms with Gasteiger partial charge in [0.2, 0.25) is 0 Å². The van der Waals surface area contributed by atoms with Gasteiger partial charge < -0.3 is 15.1 Å². The molecule has 1 N–H and O–H groups in total. The van der Waals surface area contributed by atoms with Crippen LogP contribution in [0.4, 0.5) is 45.5 Å². The van der Waals surface area contributed by atoms with Crippen molar-refractivity contribution in [3.8, 4) is 22.8 Å². The van der Waals surface area contributed by atoms with Crippen molar-refractivity contribution >= 4 is 77.4 Å². The molecule has 7 nitrogen and oxygen atoms in total. The molecular formula is C65H55Br2N7. The quantitative estimate of drug-likeness (QED) is 0.188. The molecule has 7 heterocycles. The monoisotopic (exact) mass is 1090 g/mol. The topological polar surface area (TPSA) is 70.1 Å². The van der Waals surface area contributed by atoms with E-state index in [-0.39, 0.29) is 16.2 Å². The Labute approximate surface area is 451 Å². The van der Waals surface area contributed by atoms with E-state index in [1.165, 1.54) is 67.5 Å². The summed E-state index contributed by atoms with van der Waals surface area (Å²) in [4.78, 5) is 22.9. The number of rotatable bonds is 4. The van der Waals surface area contributed by atoms with Gasteiger partial charge in [-0.15, -0.1) is 0 Å². The van der Waals surface area contributed by atoms with Gasteiger partial charge in [-0.05, 0) is 150 Å². The van der Waals surface area contributed by atoms with Crippen molar-refractivity contribution < 1.29 is 0 Å². The summed E-state index contributed by atoms with van der Waals surface area (Å²) >= 11 is 6.68. The van der Waals surface area contributed by atoms with Gasteiger partial charge in [0.05, 0.1) is 45.5 Å². The molecule has 0 unspecified atom stereocenters. The molecule has 6 aromatic carbocycles. The summed E-state index contributed by atoms with van der Waals surface area (Å²) in [5, 5.41) is 3.50. The van der Waals surface area contributed by atoms with Gasteiger partial charge in [-0.1, -0.05) is 151 Å². The average molecular weight is 1090 g/mol. The predicted molar refractivity (Wildman–Crippen MR) is 312 cm³/mol. The Morgan fingerprint density at radius 3 is 0.986 bits per heavy atom. The van der Waals surface area contributed by atoms with Crippen LogP contribution < -0.4 is 15.1 Å². The molecule has 0 saturated heterocycles. The van der Waals surface area contributed by atoms with Crippen LogP contribution >= 0.6 is 31.9 Å². The smallest absolute Gasteiger partial charge is 0.0907 e. The number of hydrogen-bond acceptors (Lipinski definition) is 7. The lowest BCUT2D eigenvalue weighted by atomic mass is 9.73. The van der Waals surface area contributed by atoms with Crippen molar-refractivity contribution in [3.63, 3.8) is 0 Å². The third-order valence-electron chi connectivity index (χ3n) is 14.7. The number of pyridine rings is 4. The van der Waals surface area contributed by atoms with Crippen LogP contribution in [0.3, 0.4) is 0 Å². The van der Waals surface area contributed by atoms with E-state index in [2.05, 4.69) is 268 Å². The van der Waals surface area contributed by atoms with Crippen molar-refractivity contribution in [1.82, 2.24) is 19.9 Å². The minimum Gasteiger partial charge on any atom is -0.355 e. The van der Waals surface area contributed by atoms with Gasteiger partial charge in [0, 0.05) is 72.7 Å². The number of nitrogens with zero attached hydrogens (tertiary/aromatic N) is 6. The Morgan fingerprint density at radius 2 is 0.649 bits per heavy atom. The molecule has 0 saturated carbocycles. The fourth-order valence-corrected chi connectivity index (χ4v) is 11.4. The number of fused-ring (bicyclic) bond motifs is 6. The molecular weight excluding hydrogens is 1040 g/mol. The Balaban J connectivity index is 0.000000158. The van der Waals surface area contributed by atoms with E-state index in [0.717, 1.165) is 43.1 Å². The molecule has 74 heavy (non-hydrogen) atoms. The largest absolute Gasteiger partial charge is 0.355 e. The summed E-state index contributed by atoms with van der Waals surface area (Å²) in [5.74, 6) is 0. The SMILES string of the molecule is Brc1ccc(-c2ccc(Br)cn2)nc1.CC1(C)c2ccccc2N(c2ccnc(-c3cc(N4c5ccccc5C(C)(C)c5ccccc54)ccn3)c2)c2ccccc21.CC1(C)c2ccccc2Nc2ccccc21. The molecule has 0 bridgehead atoms. The van der Waals surface area contributed by atoms with Crippen molar-refractivity contribution in [2.24, 2.45) is 0 Å². The van der Waals surface area contributed by atoms with Crippen LogP contribution in [-0.4, -0.2) is 19.9 Å². The second-order valence-corrected chi connectivity index (χ2v) is 22.2. The van der Waals surface area contributed by atoms with Crippen LogP contribution in [0.25, 0.3) is 22.8 Å². The first kappa shape index (κ1) is 48.5. The molecule has 0 radical (unpaired) electrons. The zero-order valence-electron chi connectivity index (χ0n) is 42.2. The van der Waals surface area contributed by atoms with Gasteiger partial charge in [0.1, 0.15) is 0 Å². The van der Waals surface area contributed by atoms with Gasteiger partial charge in [-0.2, -0.15) is 0 Å². The number of para-hydroxylation sites is 6. The van der Waals surface area contributed by atoms with Crippen molar-refractivity contribution in [2.45, 2.75) is 57.8 Å². The Kier molecular flexibility index (Phi) is 12.9. The molecule has 0 aliphatic carbocycles. The van der Waals surface area contributed by atoms with Crippen LogP contribution in [-0.2, 0) is 16.2 Å². The highest BCUT2D eigenvalue weighted by molar-refractivity contribution is 9.10. The van der Waals surface area contributed by atoms with E-state index in [4.69, 9.17) is 9.97 Å². The Morgan fingerprint density at radius 1 is 0.338 bits per heavy atom. The molecule has 0 fully saturated rings. The Hall–Kier alpha value is -7.72. The zero-order valence-corrected chi connectivity index (χ0v) is 45.4. The van der Waals surface area contributed by atoms with E-state index in [1.807, 2.05) is 36.7 Å². The first-order valence-corrected chi connectivity index (χ1v) is 26.5. The predicted octanol–water partition coefficient (Wildman–Crippen LogP) is 18.1. The van der Waals surface area contributed by atoms with Crippen molar-refractivity contribution in [3.05, 3.63) is 261 Å². The minimum absolute atomic E-state index is 0.0818. The van der Waals surface area contributed by atoms with Crippen molar-refractivity contribution in [2.75, 3.05) is 15.1 Å². The van der Waals surface area contributed by atoms with E-state index in [1.54, 1.807) is 12.4 Å². The van der Waals surface area contributed by atoms with Crippen LogP contribution in [0.15, 0.2) is 228 Å². The summed E-state index contributed by atoms with van der Waals surface area (Å²) < 4.78 is 1.94. The highest BCUT2D eigenvalue weighted by atomic mass is 79.9. The van der Waals surface area contributed by atoms with E-state index in [0.29, 0.717) is 0 Å². The van der Waals surface area contributed by atoms with E-state index in [9.17, 15) is 0 Å². The second kappa shape index (κ2) is 19.6. The number of aromatic nitrogens is 4. The number of anilines is 8. The summed E-state index contributed by atoms with van der Waals surface area (Å²) in [7, 11) is 0. The van der Waals surface area contributed by atoms with Crippen LogP contribution in [0.5, 0.6) is 0 Å². The number of benzene rings is 6. The fraction of sp³-hybridized carbons (Fsp3) is 0.138. The Bertz CT molecular complexity index is 3340. The molecule has 9 heteroatoms. The average Bonchev–Trinajstić information content (AvgIpc) is 3.44. The molecule has 0 amide bonds. The lowest BCUT2D eigenvalue weighted by molar-refractivity contribution is 0.631. The van der Waals surface area contributed by atoms with Crippen LogP contribution in [0.2, 0.25) is 0 Å². The van der Waals surface area contributed by atoms with E-state index < -0.39 is 0 Å². The molecule has 0 spiro atoms. The van der Waals surface area contributed by atoms with E-state index >= 15 is 0 Å². The summed E-state index contributed by atoms with van der Waals surface area (Å²) in [6.45, 7) is 13.8. The lowest BCUT2D eigenvalue weighted by Gasteiger charge is -2.42. The van der Waals surface area contributed by atoms with Gasteiger partial charge >= 0.3 is 0 Å². The molecule has 3 aliphatic heterocycles. The fourth-order valence-electron chi connectivity index (χ4n) is 10.9. The summed E-state index contributed by atoms with van der Waals surface area (Å²) in [6.07, 6.45) is 7.33. The molecule has 0 atom stereocenters. The number of halogens is 2. The van der Waals surface area contributed by atoms with Gasteiger partial charge in [-0.3, -0.25) is 19.9 Å². The third-order valence-corrected chi connectivity index (χ3v) is 15.7. The maximum absolute atomic E-state index is 4.84. The normalized spacial score (nSPS) is 14.6. The number of hydrogen-bond donors (Lipinski definition) is 1. The lowest BCUT2D eigenvalue weighted by Crippen LogP contribution is -2.30. The zero-order chi connectivity index (χ0) is 51.2. The molecule has 364 valence electrons. The third kappa shape index (κ3) is 8.88.